The second kappa shape index (κ2) is 6.43. The maximum atomic E-state index is 6.19. The van der Waals surface area contributed by atoms with Crippen molar-refractivity contribution >= 4 is 34.3 Å². The number of halogens is 1. The first-order valence-electron chi connectivity index (χ1n) is 6.65. The Bertz CT molecular complexity index is 776. The van der Waals surface area contributed by atoms with Crippen LogP contribution in [-0.2, 0) is 6.42 Å². The van der Waals surface area contributed by atoms with Crippen molar-refractivity contribution < 1.29 is 0 Å². The lowest BCUT2D eigenvalue weighted by molar-refractivity contribution is 0.920. The number of hydrogen-bond acceptors (Lipinski definition) is 4. The van der Waals surface area contributed by atoms with Crippen LogP contribution in [0.15, 0.2) is 58.7 Å². The molecule has 0 bridgehead atoms. The number of aromatic nitrogens is 2. The number of nitrogens with two attached hydrogens (primary N) is 1. The molecule has 3 aromatic rings. The largest absolute Gasteiger partial charge is 0.330 e. The molecule has 3 rings (SSSR count). The van der Waals surface area contributed by atoms with Crippen LogP contribution in [0.4, 0.5) is 0 Å². The second-order valence-electron chi connectivity index (χ2n) is 4.58. The molecular formula is C16H14ClN3S. The van der Waals surface area contributed by atoms with Gasteiger partial charge in [-0.05, 0) is 54.6 Å². The highest BCUT2D eigenvalue weighted by atomic mass is 35.5. The molecule has 106 valence electrons. The van der Waals surface area contributed by atoms with E-state index in [1.807, 2.05) is 30.3 Å². The van der Waals surface area contributed by atoms with E-state index in [0.29, 0.717) is 11.6 Å². The first kappa shape index (κ1) is 14.3. The van der Waals surface area contributed by atoms with E-state index < -0.39 is 0 Å². The first-order valence-corrected chi connectivity index (χ1v) is 7.84. The summed E-state index contributed by atoms with van der Waals surface area (Å²) < 4.78 is 0. The molecule has 0 saturated heterocycles. The lowest BCUT2D eigenvalue weighted by Gasteiger charge is -2.10. The summed E-state index contributed by atoms with van der Waals surface area (Å²) in [5.74, 6) is 0. The van der Waals surface area contributed by atoms with Crippen LogP contribution < -0.4 is 5.73 Å². The number of rotatable bonds is 4. The molecule has 0 atom stereocenters. The fraction of sp³-hybridized carbons (Fsp3) is 0.125. The van der Waals surface area contributed by atoms with Gasteiger partial charge in [0, 0.05) is 11.6 Å². The van der Waals surface area contributed by atoms with Gasteiger partial charge in [0.25, 0.3) is 0 Å². The van der Waals surface area contributed by atoms with E-state index in [-0.39, 0.29) is 0 Å². The normalized spacial score (nSPS) is 11.0. The van der Waals surface area contributed by atoms with E-state index in [2.05, 4.69) is 17.1 Å². The lowest BCUT2D eigenvalue weighted by atomic mass is 10.1. The molecule has 21 heavy (non-hydrogen) atoms. The third-order valence-corrected chi connectivity index (χ3v) is 4.58. The minimum absolute atomic E-state index is 0.587. The van der Waals surface area contributed by atoms with E-state index in [1.165, 1.54) is 11.8 Å². The van der Waals surface area contributed by atoms with Crippen molar-refractivity contribution in [3.05, 3.63) is 59.2 Å². The van der Waals surface area contributed by atoms with Crippen LogP contribution in [0.5, 0.6) is 0 Å². The Balaban J connectivity index is 2.07. The molecule has 0 aliphatic heterocycles. The highest BCUT2D eigenvalue weighted by molar-refractivity contribution is 7.99. The van der Waals surface area contributed by atoms with Crippen LogP contribution >= 0.6 is 23.4 Å². The molecule has 0 spiro atoms. The van der Waals surface area contributed by atoms with Crippen LogP contribution in [0, 0.1) is 0 Å². The van der Waals surface area contributed by atoms with Crippen molar-refractivity contribution in [2.45, 2.75) is 16.5 Å². The van der Waals surface area contributed by atoms with Gasteiger partial charge in [-0.3, -0.25) is 0 Å². The molecule has 0 amide bonds. The highest BCUT2D eigenvalue weighted by Gasteiger charge is 2.11. The third-order valence-electron chi connectivity index (χ3n) is 3.09. The summed E-state index contributed by atoms with van der Waals surface area (Å²) in [6.07, 6.45) is 2.52. The van der Waals surface area contributed by atoms with Gasteiger partial charge in [0.2, 0.25) is 0 Å². The van der Waals surface area contributed by atoms with Crippen LogP contribution in [-0.4, -0.2) is 16.5 Å². The summed E-state index contributed by atoms with van der Waals surface area (Å²) in [6, 6.07) is 13.9. The van der Waals surface area contributed by atoms with Gasteiger partial charge >= 0.3 is 0 Å². The minimum atomic E-state index is 0.587. The van der Waals surface area contributed by atoms with E-state index >= 15 is 0 Å². The molecule has 0 saturated carbocycles. The van der Waals surface area contributed by atoms with Crippen LogP contribution in [0.2, 0.25) is 5.02 Å². The number of pyridine rings is 2. The lowest BCUT2D eigenvalue weighted by Crippen LogP contribution is -2.05. The predicted octanol–water partition coefficient (Wildman–Crippen LogP) is 3.94. The Morgan fingerprint density at radius 2 is 1.95 bits per heavy atom. The monoisotopic (exact) mass is 315 g/mol. The Kier molecular flexibility index (Phi) is 4.39. The maximum Gasteiger partial charge on any atom is 0.121 e. The van der Waals surface area contributed by atoms with Gasteiger partial charge in [0.15, 0.2) is 0 Å². The predicted molar refractivity (Wildman–Crippen MR) is 87.9 cm³/mol. The summed E-state index contributed by atoms with van der Waals surface area (Å²) in [4.78, 5) is 9.05. The Morgan fingerprint density at radius 1 is 1.10 bits per heavy atom. The molecule has 1 aromatic carbocycles. The Hall–Kier alpha value is -1.62. The van der Waals surface area contributed by atoms with Gasteiger partial charge in [-0.25, -0.2) is 9.97 Å². The number of fused-ring (bicyclic) bond motifs is 1. The van der Waals surface area contributed by atoms with E-state index in [9.17, 15) is 0 Å². The van der Waals surface area contributed by atoms with E-state index in [4.69, 9.17) is 22.3 Å². The zero-order valence-electron chi connectivity index (χ0n) is 11.3. The molecule has 0 aliphatic carbocycles. The van der Waals surface area contributed by atoms with Crippen LogP contribution in [0.25, 0.3) is 10.9 Å². The standard InChI is InChI=1S/C16H14ClN3S/c17-13-5-3-9-19-16(13)21-15-12(7-8-18)10-11-4-1-2-6-14(11)20-15/h1-6,9-10H,7-8,18H2. The third kappa shape index (κ3) is 3.18. The van der Waals surface area contributed by atoms with Crippen LogP contribution in [0.3, 0.4) is 0 Å². The average molecular weight is 316 g/mol. The smallest absolute Gasteiger partial charge is 0.121 e. The fourth-order valence-electron chi connectivity index (χ4n) is 2.10. The number of hydrogen-bond donors (Lipinski definition) is 1. The average Bonchev–Trinajstić information content (AvgIpc) is 2.50. The zero-order valence-corrected chi connectivity index (χ0v) is 12.9. The fourth-order valence-corrected chi connectivity index (χ4v) is 3.24. The zero-order chi connectivity index (χ0) is 14.7. The molecule has 0 radical (unpaired) electrons. The van der Waals surface area contributed by atoms with Gasteiger partial charge in [-0.15, -0.1) is 0 Å². The summed E-state index contributed by atoms with van der Waals surface area (Å²) in [5, 5.41) is 3.44. The quantitative estimate of drug-likeness (QED) is 0.792. The van der Waals surface area contributed by atoms with E-state index in [0.717, 1.165) is 32.9 Å². The highest BCUT2D eigenvalue weighted by Crippen LogP contribution is 2.33. The van der Waals surface area contributed by atoms with Crippen LogP contribution in [0.1, 0.15) is 5.56 Å². The molecule has 5 heteroatoms. The van der Waals surface area contributed by atoms with Crippen molar-refractivity contribution in [3.63, 3.8) is 0 Å². The molecule has 0 aliphatic rings. The van der Waals surface area contributed by atoms with Gasteiger partial charge < -0.3 is 5.73 Å². The second-order valence-corrected chi connectivity index (χ2v) is 5.96. The number of nitrogens with zero attached hydrogens (tertiary/aromatic N) is 2. The summed E-state index contributed by atoms with van der Waals surface area (Å²) in [6.45, 7) is 0.587. The number of para-hydroxylation sites is 1. The molecule has 3 nitrogen and oxygen atoms in total. The Morgan fingerprint density at radius 3 is 2.76 bits per heavy atom. The van der Waals surface area contributed by atoms with Gasteiger partial charge in [-0.2, -0.15) is 0 Å². The van der Waals surface area contributed by atoms with Gasteiger partial charge in [-0.1, -0.05) is 29.8 Å². The Labute approximate surface area is 132 Å². The molecule has 2 aromatic heterocycles. The summed E-state index contributed by atoms with van der Waals surface area (Å²) >= 11 is 7.67. The molecule has 2 heterocycles. The van der Waals surface area contributed by atoms with Crippen molar-refractivity contribution in [2.24, 2.45) is 5.73 Å². The molecule has 0 fully saturated rings. The maximum absolute atomic E-state index is 6.19. The van der Waals surface area contributed by atoms with Crippen molar-refractivity contribution in [1.82, 2.24) is 9.97 Å². The topological polar surface area (TPSA) is 51.8 Å². The summed E-state index contributed by atoms with van der Waals surface area (Å²) in [7, 11) is 0. The van der Waals surface area contributed by atoms with Gasteiger partial charge in [0.1, 0.15) is 10.1 Å². The number of benzene rings is 1. The van der Waals surface area contributed by atoms with Crippen molar-refractivity contribution in [3.8, 4) is 0 Å². The summed E-state index contributed by atoms with van der Waals surface area (Å²) in [5.41, 5.74) is 7.81. The van der Waals surface area contributed by atoms with Crippen molar-refractivity contribution in [1.29, 1.82) is 0 Å². The molecular weight excluding hydrogens is 302 g/mol. The first-order chi connectivity index (χ1) is 10.3. The minimum Gasteiger partial charge on any atom is -0.330 e. The SMILES string of the molecule is NCCc1cc2ccccc2nc1Sc1ncccc1Cl. The van der Waals surface area contributed by atoms with Crippen molar-refractivity contribution in [2.75, 3.05) is 6.54 Å². The van der Waals surface area contributed by atoms with Gasteiger partial charge in [0.05, 0.1) is 10.5 Å². The molecule has 0 unspecified atom stereocenters. The molecule has 2 N–H and O–H groups in total. The van der Waals surface area contributed by atoms with E-state index in [1.54, 1.807) is 6.20 Å².